The molecule has 12 heteroatoms. The van der Waals surface area contributed by atoms with Gasteiger partial charge >= 0.3 is 5.97 Å². The van der Waals surface area contributed by atoms with E-state index in [1.807, 2.05) is 37.3 Å². The van der Waals surface area contributed by atoms with Gasteiger partial charge < -0.3 is 18.6 Å². The smallest absolute Gasteiger partial charge is 0.358 e. The topological polar surface area (TPSA) is 119 Å². The van der Waals surface area contributed by atoms with Crippen LogP contribution in [0.1, 0.15) is 28.9 Å². The number of nitrogens with zero attached hydrogens (tertiary/aromatic N) is 6. The summed E-state index contributed by atoms with van der Waals surface area (Å²) in [6.07, 6.45) is 4.74. The molecule has 11 nitrogen and oxygen atoms in total. The molecule has 1 aromatic carbocycles. The third-order valence-electron chi connectivity index (χ3n) is 4.37. The minimum Gasteiger partial charge on any atom is -0.494 e. The first-order valence-corrected chi connectivity index (χ1v) is 11.3. The van der Waals surface area contributed by atoms with Crippen LogP contribution >= 0.6 is 11.8 Å². The van der Waals surface area contributed by atoms with Gasteiger partial charge in [-0.25, -0.2) is 4.79 Å². The zero-order valence-electron chi connectivity index (χ0n) is 18.5. The van der Waals surface area contributed by atoms with Crippen LogP contribution in [0.3, 0.4) is 0 Å². The summed E-state index contributed by atoms with van der Waals surface area (Å²) < 4.78 is 24.7. The number of carbonyl (C=O) groups excluding carboxylic acids is 1. The van der Waals surface area contributed by atoms with Crippen LogP contribution in [0.25, 0.3) is 0 Å². The quantitative estimate of drug-likeness (QED) is 0.180. The highest BCUT2D eigenvalue weighted by atomic mass is 32.2. The van der Waals surface area contributed by atoms with E-state index in [0.29, 0.717) is 29.2 Å². The third-order valence-corrected chi connectivity index (χ3v) is 5.29. The van der Waals surface area contributed by atoms with Gasteiger partial charge in [-0.3, -0.25) is 4.68 Å². The monoisotopic (exact) mass is 482 g/mol. The molecule has 0 fully saturated rings. The average Bonchev–Trinajstić information content (AvgIpc) is 3.62. The second-order valence-corrected chi connectivity index (χ2v) is 7.62. The molecule has 0 N–H and O–H groups in total. The molecule has 0 saturated heterocycles. The Morgan fingerprint density at radius 3 is 2.71 bits per heavy atom. The van der Waals surface area contributed by atoms with Crippen LogP contribution in [0.2, 0.25) is 0 Å². The van der Waals surface area contributed by atoms with Crippen LogP contribution in [0, 0.1) is 0 Å². The molecule has 0 spiro atoms. The van der Waals surface area contributed by atoms with E-state index >= 15 is 0 Å². The van der Waals surface area contributed by atoms with Gasteiger partial charge in [0.2, 0.25) is 5.16 Å². The second-order valence-electron chi connectivity index (χ2n) is 6.71. The molecular formula is C22H22N6O5S. The third kappa shape index (κ3) is 6.04. The largest absolute Gasteiger partial charge is 0.494 e. The summed E-state index contributed by atoms with van der Waals surface area (Å²) in [4.78, 5) is 11.5. The van der Waals surface area contributed by atoms with Gasteiger partial charge in [-0.1, -0.05) is 11.8 Å². The molecule has 0 bridgehead atoms. The molecule has 176 valence electrons. The number of esters is 1. The van der Waals surface area contributed by atoms with Crippen molar-refractivity contribution in [3.05, 3.63) is 72.2 Å². The van der Waals surface area contributed by atoms with Crippen molar-refractivity contribution >= 4 is 23.9 Å². The second kappa shape index (κ2) is 11.2. The molecule has 4 aromatic rings. The number of aromatic nitrogens is 5. The molecule has 3 aromatic heterocycles. The summed E-state index contributed by atoms with van der Waals surface area (Å²) in [5.41, 5.74) is 0.239. The van der Waals surface area contributed by atoms with Gasteiger partial charge in [0.15, 0.2) is 5.69 Å². The minimum absolute atomic E-state index is 0.239. The number of benzene rings is 1. The lowest BCUT2D eigenvalue weighted by molar-refractivity contribution is 0.0593. The molecule has 0 aliphatic heterocycles. The van der Waals surface area contributed by atoms with Crippen LogP contribution in [0.5, 0.6) is 11.5 Å². The van der Waals surface area contributed by atoms with E-state index in [2.05, 4.69) is 25.1 Å². The predicted octanol–water partition coefficient (Wildman–Crippen LogP) is 3.46. The van der Waals surface area contributed by atoms with Gasteiger partial charge in [0.1, 0.15) is 36.0 Å². The Hall–Kier alpha value is -4.06. The minimum atomic E-state index is -0.487. The highest BCUT2D eigenvalue weighted by Crippen LogP contribution is 2.20. The Morgan fingerprint density at radius 1 is 1.15 bits per heavy atom. The lowest BCUT2D eigenvalue weighted by Gasteiger charge is -2.06. The number of carbonyl (C=O) groups is 1. The van der Waals surface area contributed by atoms with Crippen molar-refractivity contribution in [3.8, 4) is 11.5 Å². The van der Waals surface area contributed by atoms with Crippen molar-refractivity contribution in [2.75, 3.05) is 13.7 Å². The standard InChI is InChI=1S/C22H22N6O5S/c1-3-31-16-4-6-17(7-5-16)32-13-19-9-8-18(33-19)12-24-28-14-23-25-22(28)34-15-27-11-10-20(26-27)21(29)30-2/h4-12,14H,3,13,15H2,1-2H3/b24-12-. The summed E-state index contributed by atoms with van der Waals surface area (Å²) >= 11 is 1.35. The fourth-order valence-electron chi connectivity index (χ4n) is 2.78. The highest BCUT2D eigenvalue weighted by Gasteiger charge is 2.10. The van der Waals surface area contributed by atoms with Gasteiger partial charge in [0.25, 0.3) is 0 Å². The van der Waals surface area contributed by atoms with E-state index in [0.717, 1.165) is 11.5 Å². The van der Waals surface area contributed by atoms with E-state index in [-0.39, 0.29) is 12.3 Å². The van der Waals surface area contributed by atoms with Crippen LogP contribution in [-0.2, 0) is 17.2 Å². The maximum Gasteiger partial charge on any atom is 0.358 e. The SMILES string of the molecule is CCOc1ccc(OCc2ccc(/C=N\n3cnnc3SCn3ccc(C(=O)OC)n3)o2)cc1. The van der Waals surface area contributed by atoms with Gasteiger partial charge in [-0.05, 0) is 49.4 Å². The van der Waals surface area contributed by atoms with Crippen LogP contribution in [0.15, 0.2) is 69.7 Å². The van der Waals surface area contributed by atoms with Crippen LogP contribution in [-0.4, -0.2) is 50.6 Å². The summed E-state index contributed by atoms with van der Waals surface area (Å²) in [5.74, 6) is 2.67. The molecule has 0 saturated carbocycles. The van der Waals surface area contributed by atoms with E-state index in [1.54, 1.807) is 29.2 Å². The molecule has 0 unspecified atom stereocenters. The number of rotatable bonds is 11. The zero-order chi connectivity index (χ0) is 23.8. The van der Waals surface area contributed by atoms with E-state index < -0.39 is 5.97 Å². The summed E-state index contributed by atoms with van der Waals surface area (Å²) in [6.45, 7) is 2.84. The zero-order valence-corrected chi connectivity index (χ0v) is 19.3. The molecule has 0 aliphatic carbocycles. The van der Waals surface area contributed by atoms with E-state index in [9.17, 15) is 4.79 Å². The first-order chi connectivity index (χ1) is 16.6. The van der Waals surface area contributed by atoms with Crippen molar-refractivity contribution in [1.29, 1.82) is 0 Å². The number of hydrogen-bond acceptors (Lipinski definition) is 10. The van der Waals surface area contributed by atoms with Crippen molar-refractivity contribution in [1.82, 2.24) is 24.7 Å². The number of thioether (sulfide) groups is 1. The first kappa shape index (κ1) is 23.1. The molecule has 34 heavy (non-hydrogen) atoms. The number of methoxy groups -OCH3 is 1. The lowest BCUT2D eigenvalue weighted by atomic mass is 10.3. The molecule has 0 atom stereocenters. The average molecular weight is 483 g/mol. The molecule has 4 rings (SSSR count). The first-order valence-electron chi connectivity index (χ1n) is 10.3. The van der Waals surface area contributed by atoms with Gasteiger partial charge in [-0.15, -0.1) is 10.2 Å². The van der Waals surface area contributed by atoms with Crippen molar-refractivity contribution in [2.24, 2.45) is 5.10 Å². The number of furan rings is 1. The maximum atomic E-state index is 11.5. The predicted molar refractivity (Wildman–Crippen MR) is 123 cm³/mol. The van der Waals surface area contributed by atoms with E-state index in [1.165, 1.54) is 29.9 Å². The number of ether oxygens (including phenoxy) is 3. The Labute approximate surface area is 199 Å². The molecule has 0 amide bonds. The Morgan fingerprint density at radius 2 is 1.94 bits per heavy atom. The van der Waals surface area contributed by atoms with Crippen LogP contribution in [0.4, 0.5) is 0 Å². The van der Waals surface area contributed by atoms with Gasteiger partial charge in [-0.2, -0.15) is 14.9 Å². The Balaban J connectivity index is 1.30. The van der Waals surface area contributed by atoms with Crippen molar-refractivity contribution in [3.63, 3.8) is 0 Å². The molecule has 0 radical (unpaired) electrons. The fraction of sp³-hybridized carbons (Fsp3) is 0.227. The fourth-order valence-corrected chi connectivity index (χ4v) is 3.50. The normalized spacial score (nSPS) is 11.1. The van der Waals surface area contributed by atoms with Crippen molar-refractivity contribution in [2.45, 2.75) is 24.6 Å². The maximum absolute atomic E-state index is 11.5. The highest BCUT2D eigenvalue weighted by molar-refractivity contribution is 7.98. The Kier molecular flexibility index (Phi) is 7.60. The lowest BCUT2D eigenvalue weighted by Crippen LogP contribution is -2.04. The van der Waals surface area contributed by atoms with Gasteiger partial charge in [0.05, 0.1) is 25.8 Å². The summed E-state index contributed by atoms with van der Waals surface area (Å²) in [7, 11) is 1.31. The van der Waals surface area contributed by atoms with Gasteiger partial charge in [0, 0.05) is 6.20 Å². The molecule has 0 aliphatic rings. The van der Waals surface area contributed by atoms with Crippen molar-refractivity contribution < 1.29 is 23.4 Å². The summed E-state index contributed by atoms with van der Waals surface area (Å²) in [5, 5.41) is 17.0. The molecular weight excluding hydrogens is 460 g/mol. The van der Waals surface area contributed by atoms with E-state index in [4.69, 9.17) is 13.9 Å². The Bertz CT molecular complexity index is 1250. The molecule has 3 heterocycles. The number of hydrogen-bond donors (Lipinski definition) is 0. The van der Waals surface area contributed by atoms with Crippen LogP contribution < -0.4 is 9.47 Å². The summed E-state index contributed by atoms with van der Waals surface area (Å²) in [6, 6.07) is 12.6.